The number of ether oxygens (including phenoxy) is 1. The van der Waals surface area contributed by atoms with Crippen molar-refractivity contribution in [3.8, 4) is 0 Å². The third-order valence-electron chi connectivity index (χ3n) is 1.36. The Bertz CT molecular complexity index is 98.2. The number of rotatable bonds is 1. The Morgan fingerprint density at radius 2 is 2.22 bits per heavy atom. The molecule has 0 amide bonds. The molecule has 0 aromatic rings. The molecule has 1 heterocycles. The lowest BCUT2D eigenvalue weighted by Gasteiger charge is -2.07. The van der Waals surface area contributed by atoms with Gasteiger partial charge in [-0.1, -0.05) is 0 Å². The van der Waals surface area contributed by atoms with Gasteiger partial charge in [-0.25, -0.2) is 0 Å². The van der Waals surface area contributed by atoms with Crippen molar-refractivity contribution < 1.29 is 14.9 Å². The third kappa shape index (κ3) is 1.55. The standard InChI is InChI=1S/C5H9ClO3/c6-2-4-3(7)1-5(8)9-4/h3-5,7-8H,1-2H2/t3-,4+,5?/m0/s1. The molecule has 54 valence electrons. The maximum absolute atomic E-state index is 8.99. The van der Waals surface area contributed by atoms with Crippen molar-refractivity contribution in [2.45, 2.75) is 24.9 Å². The molecule has 3 nitrogen and oxygen atoms in total. The number of aliphatic hydroxyl groups excluding tert-OH is 2. The molecule has 0 aromatic carbocycles. The van der Waals surface area contributed by atoms with E-state index in [-0.39, 0.29) is 18.4 Å². The highest BCUT2D eigenvalue weighted by molar-refractivity contribution is 6.18. The van der Waals surface area contributed by atoms with Crippen LogP contribution in [0.2, 0.25) is 0 Å². The predicted molar refractivity (Wildman–Crippen MR) is 32.2 cm³/mol. The number of hydrogen-bond acceptors (Lipinski definition) is 3. The van der Waals surface area contributed by atoms with Crippen molar-refractivity contribution in [3.63, 3.8) is 0 Å². The minimum absolute atomic E-state index is 0.234. The quantitative estimate of drug-likeness (QED) is 0.507. The summed E-state index contributed by atoms with van der Waals surface area (Å²) in [5, 5.41) is 17.8. The third-order valence-corrected chi connectivity index (χ3v) is 1.66. The summed E-state index contributed by atoms with van der Waals surface area (Å²) in [4.78, 5) is 0. The van der Waals surface area contributed by atoms with Crippen LogP contribution in [0.1, 0.15) is 6.42 Å². The summed E-state index contributed by atoms with van der Waals surface area (Å²) >= 11 is 5.37. The van der Waals surface area contributed by atoms with Gasteiger partial charge >= 0.3 is 0 Å². The summed E-state index contributed by atoms with van der Waals surface area (Å²) < 4.78 is 4.80. The fourth-order valence-electron chi connectivity index (χ4n) is 0.846. The Labute approximate surface area is 58.2 Å². The highest BCUT2D eigenvalue weighted by atomic mass is 35.5. The normalized spacial score (nSPS) is 43.7. The number of halogens is 1. The van der Waals surface area contributed by atoms with Gasteiger partial charge in [0.2, 0.25) is 0 Å². The van der Waals surface area contributed by atoms with Crippen LogP contribution in [0.4, 0.5) is 0 Å². The van der Waals surface area contributed by atoms with Crippen molar-refractivity contribution in [2.75, 3.05) is 5.88 Å². The predicted octanol–water partition coefficient (Wildman–Crippen LogP) is -0.307. The zero-order chi connectivity index (χ0) is 6.85. The zero-order valence-corrected chi connectivity index (χ0v) is 5.58. The summed E-state index contributed by atoms with van der Waals surface area (Å²) in [6.07, 6.45) is -1.54. The van der Waals surface area contributed by atoms with Crippen LogP contribution in [-0.4, -0.2) is 34.6 Å². The lowest BCUT2D eigenvalue weighted by Crippen LogP contribution is -2.22. The Kier molecular flexibility index (Phi) is 2.29. The smallest absolute Gasteiger partial charge is 0.157 e. The molecule has 1 fully saturated rings. The molecule has 9 heavy (non-hydrogen) atoms. The fourth-order valence-corrected chi connectivity index (χ4v) is 1.12. The first kappa shape index (κ1) is 7.28. The molecule has 0 aliphatic carbocycles. The highest BCUT2D eigenvalue weighted by Gasteiger charge is 2.31. The summed E-state index contributed by atoms with van der Waals surface area (Å²) in [5.41, 5.74) is 0. The average Bonchev–Trinajstić information content (AvgIpc) is 2.10. The van der Waals surface area contributed by atoms with E-state index in [1.165, 1.54) is 0 Å². The summed E-state index contributed by atoms with van der Waals surface area (Å²) in [7, 11) is 0. The van der Waals surface area contributed by atoms with Crippen LogP contribution in [0.15, 0.2) is 0 Å². The van der Waals surface area contributed by atoms with Crippen LogP contribution in [0, 0.1) is 0 Å². The van der Waals surface area contributed by atoms with Gasteiger partial charge in [-0.2, -0.15) is 0 Å². The van der Waals surface area contributed by atoms with Gasteiger partial charge in [-0.05, 0) is 0 Å². The average molecular weight is 153 g/mol. The molecule has 1 saturated heterocycles. The van der Waals surface area contributed by atoms with E-state index in [4.69, 9.17) is 26.6 Å². The van der Waals surface area contributed by atoms with E-state index in [1.54, 1.807) is 0 Å². The first-order chi connectivity index (χ1) is 4.24. The molecule has 0 saturated carbocycles. The van der Waals surface area contributed by atoms with Crippen LogP contribution in [-0.2, 0) is 4.74 Å². The summed E-state index contributed by atoms with van der Waals surface area (Å²) in [6.45, 7) is 0. The highest BCUT2D eigenvalue weighted by Crippen LogP contribution is 2.18. The lowest BCUT2D eigenvalue weighted by molar-refractivity contribution is -0.0878. The van der Waals surface area contributed by atoms with Crippen LogP contribution in [0.3, 0.4) is 0 Å². The van der Waals surface area contributed by atoms with Gasteiger partial charge in [-0.15, -0.1) is 11.6 Å². The van der Waals surface area contributed by atoms with Crippen molar-refractivity contribution in [2.24, 2.45) is 0 Å². The molecule has 0 aromatic heterocycles. The fraction of sp³-hybridized carbons (Fsp3) is 1.00. The maximum atomic E-state index is 8.99. The van der Waals surface area contributed by atoms with Crippen LogP contribution >= 0.6 is 11.6 Å². The maximum Gasteiger partial charge on any atom is 0.157 e. The molecule has 2 N–H and O–H groups in total. The largest absolute Gasteiger partial charge is 0.390 e. The molecular formula is C5H9ClO3. The molecule has 1 aliphatic heterocycles. The Balaban J connectivity index is 2.38. The molecule has 0 bridgehead atoms. The van der Waals surface area contributed by atoms with E-state index in [2.05, 4.69) is 0 Å². The molecule has 3 atom stereocenters. The Morgan fingerprint density at radius 3 is 2.44 bits per heavy atom. The number of aliphatic hydroxyl groups is 2. The lowest BCUT2D eigenvalue weighted by atomic mass is 10.2. The van der Waals surface area contributed by atoms with Crippen LogP contribution in [0.25, 0.3) is 0 Å². The van der Waals surface area contributed by atoms with E-state index >= 15 is 0 Å². The van der Waals surface area contributed by atoms with Gasteiger partial charge in [-0.3, -0.25) is 0 Å². The SMILES string of the molecule is OC1C[C@H](O)[C@@H](CCl)O1. The molecular weight excluding hydrogens is 144 g/mol. The summed E-state index contributed by atoms with van der Waals surface area (Å²) in [5.74, 6) is 0.234. The topological polar surface area (TPSA) is 49.7 Å². The van der Waals surface area contributed by atoms with Crippen LogP contribution in [0.5, 0.6) is 0 Å². The molecule has 0 radical (unpaired) electrons. The van der Waals surface area contributed by atoms with Crippen molar-refractivity contribution in [1.29, 1.82) is 0 Å². The Morgan fingerprint density at radius 1 is 1.56 bits per heavy atom. The van der Waals surface area contributed by atoms with E-state index in [0.717, 1.165) is 0 Å². The van der Waals surface area contributed by atoms with E-state index < -0.39 is 12.4 Å². The van der Waals surface area contributed by atoms with Gasteiger partial charge < -0.3 is 14.9 Å². The summed E-state index contributed by atoms with van der Waals surface area (Å²) in [6, 6.07) is 0. The van der Waals surface area contributed by atoms with Gasteiger partial charge in [0.05, 0.1) is 12.0 Å². The second-order valence-corrected chi connectivity index (χ2v) is 2.40. The number of hydrogen-bond donors (Lipinski definition) is 2. The van der Waals surface area contributed by atoms with Gasteiger partial charge in [0.1, 0.15) is 6.10 Å². The number of alkyl halides is 1. The first-order valence-electron chi connectivity index (χ1n) is 2.81. The molecule has 4 heteroatoms. The Hall–Kier alpha value is 0.170. The van der Waals surface area contributed by atoms with E-state index in [9.17, 15) is 0 Å². The minimum atomic E-state index is -0.830. The van der Waals surface area contributed by atoms with Crippen LogP contribution < -0.4 is 0 Å². The van der Waals surface area contributed by atoms with Crippen molar-refractivity contribution in [1.82, 2.24) is 0 Å². The minimum Gasteiger partial charge on any atom is -0.390 e. The molecule has 1 aliphatic rings. The second kappa shape index (κ2) is 2.84. The zero-order valence-electron chi connectivity index (χ0n) is 4.83. The van der Waals surface area contributed by atoms with Crippen molar-refractivity contribution >= 4 is 11.6 Å². The molecule has 1 unspecified atom stereocenters. The van der Waals surface area contributed by atoms with E-state index in [1.807, 2.05) is 0 Å². The van der Waals surface area contributed by atoms with Crippen molar-refractivity contribution in [3.05, 3.63) is 0 Å². The molecule has 0 spiro atoms. The monoisotopic (exact) mass is 152 g/mol. The van der Waals surface area contributed by atoms with Gasteiger partial charge in [0.25, 0.3) is 0 Å². The first-order valence-corrected chi connectivity index (χ1v) is 3.35. The van der Waals surface area contributed by atoms with Gasteiger partial charge in [0, 0.05) is 6.42 Å². The molecule has 1 rings (SSSR count). The second-order valence-electron chi connectivity index (χ2n) is 2.09. The van der Waals surface area contributed by atoms with Gasteiger partial charge in [0.15, 0.2) is 6.29 Å². The van der Waals surface area contributed by atoms with E-state index in [0.29, 0.717) is 0 Å².